The number of phosphoric ester groups is 1. The second kappa shape index (κ2) is 4.72. The van der Waals surface area contributed by atoms with E-state index >= 15 is 0 Å². The third kappa shape index (κ3) is 3.19. The van der Waals surface area contributed by atoms with E-state index < -0.39 is 38.5 Å². The maximum atomic E-state index is 11.0. The van der Waals surface area contributed by atoms with Gasteiger partial charge in [-0.3, -0.25) is 4.79 Å². The summed E-state index contributed by atoms with van der Waals surface area (Å²) < 4.78 is 14.0. The topological polar surface area (TPSA) is 150 Å². The van der Waals surface area contributed by atoms with Gasteiger partial charge in [-0.2, -0.15) is 0 Å². The number of aliphatic hydroxyl groups is 3. The molecule has 9 heteroatoms. The van der Waals surface area contributed by atoms with Gasteiger partial charge in [0.15, 0.2) is 5.78 Å². The standard InChI is InChI=1S/C7H11O8P/c8-4-1-3(2-15-16(12,13)14)5(9)7(11)6(4)10/h1,5-7,9-11H,2H2,(H2,12,13,14)/p-2/t5-,6+,7+/m1/s1. The molecule has 0 aromatic rings. The van der Waals surface area contributed by atoms with Crippen molar-refractivity contribution in [1.82, 2.24) is 0 Å². The van der Waals surface area contributed by atoms with Gasteiger partial charge < -0.3 is 34.2 Å². The zero-order valence-corrected chi connectivity index (χ0v) is 8.74. The van der Waals surface area contributed by atoms with Crippen LogP contribution in [0.15, 0.2) is 11.6 Å². The molecule has 1 aliphatic carbocycles. The molecule has 0 amide bonds. The van der Waals surface area contributed by atoms with Gasteiger partial charge in [0.1, 0.15) is 18.3 Å². The summed E-state index contributed by atoms with van der Waals surface area (Å²) in [6.45, 7) is -0.832. The highest BCUT2D eigenvalue weighted by Crippen LogP contribution is 2.27. The van der Waals surface area contributed by atoms with E-state index in [1.54, 1.807) is 0 Å². The number of carbonyl (C=O) groups excluding carboxylic acids is 1. The molecule has 1 rings (SSSR count). The van der Waals surface area contributed by atoms with Crippen molar-refractivity contribution in [1.29, 1.82) is 0 Å². The highest BCUT2D eigenvalue weighted by molar-refractivity contribution is 7.43. The first kappa shape index (κ1) is 13.5. The molecule has 0 heterocycles. The van der Waals surface area contributed by atoms with E-state index in [1.807, 2.05) is 0 Å². The molecule has 0 saturated heterocycles. The van der Waals surface area contributed by atoms with Gasteiger partial charge in [0.05, 0.1) is 14.4 Å². The molecular formula is C7H9O8P-2. The highest BCUT2D eigenvalue weighted by Gasteiger charge is 2.36. The van der Waals surface area contributed by atoms with Crippen LogP contribution in [0, 0.1) is 0 Å². The molecule has 0 aromatic carbocycles. The fourth-order valence-electron chi connectivity index (χ4n) is 1.19. The van der Waals surface area contributed by atoms with Crippen LogP contribution in [0.1, 0.15) is 0 Å². The van der Waals surface area contributed by atoms with E-state index in [0.717, 1.165) is 6.08 Å². The molecule has 0 unspecified atom stereocenters. The van der Waals surface area contributed by atoms with Crippen molar-refractivity contribution >= 4 is 13.6 Å². The highest BCUT2D eigenvalue weighted by atomic mass is 31.2. The molecule has 3 atom stereocenters. The van der Waals surface area contributed by atoms with Gasteiger partial charge in [-0.1, -0.05) is 0 Å². The van der Waals surface area contributed by atoms with Crippen molar-refractivity contribution in [3.63, 3.8) is 0 Å². The van der Waals surface area contributed by atoms with Crippen LogP contribution < -0.4 is 9.79 Å². The summed E-state index contributed by atoms with van der Waals surface area (Å²) in [5, 5.41) is 27.5. The number of hydrogen-bond donors (Lipinski definition) is 3. The molecule has 3 N–H and O–H groups in total. The fourth-order valence-corrected chi connectivity index (χ4v) is 1.50. The smallest absolute Gasteiger partial charge is 0.187 e. The third-order valence-electron chi connectivity index (χ3n) is 2.04. The third-order valence-corrected chi connectivity index (χ3v) is 2.48. The Balaban J connectivity index is 2.77. The number of rotatable bonds is 3. The zero-order chi connectivity index (χ0) is 12.5. The molecule has 0 bridgehead atoms. The summed E-state index contributed by atoms with van der Waals surface area (Å²) in [6.07, 6.45) is -4.46. The number of aliphatic hydroxyl groups excluding tert-OH is 3. The lowest BCUT2D eigenvalue weighted by Gasteiger charge is -2.32. The van der Waals surface area contributed by atoms with Crippen LogP contribution in [0.25, 0.3) is 0 Å². The number of ketones is 1. The van der Waals surface area contributed by atoms with Gasteiger partial charge in [-0.25, -0.2) is 0 Å². The Morgan fingerprint density at radius 1 is 1.31 bits per heavy atom. The first-order chi connectivity index (χ1) is 7.22. The first-order valence-corrected chi connectivity index (χ1v) is 5.63. The molecule has 8 nitrogen and oxygen atoms in total. The molecule has 0 spiro atoms. The summed E-state index contributed by atoms with van der Waals surface area (Å²) >= 11 is 0. The van der Waals surface area contributed by atoms with Crippen molar-refractivity contribution in [2.45, 2.75) is 18.3 Å². The van der Waals surface area contributed by atoms with Gasteiger partial charge in [0, 0.05) is 0 Å². The summed E-state index contributed by atoms with van der Waals surface area (Å²) in [5.41, 5.74) is -0.283. The van der Waals surface area contributed by atoms with E-state index in [4.69, 9.17) is 5.11 Å². The Morgan fingerprint density at radius 2 is 1.88 bits per heavy atom. The maximum Gasteiger partial charge on any atom is 0.187 e. The van der Waals surface area contributed by atoms with E-state index in [9.17, 15) is 29.4 Å². The van der Waals surface area contributed by atoms with Crippen LogP contribution in [0.2, 0.25) is 0 Å². The quantitative estimate of drug-likeness (QED) is 0.436. The maximum absolute atomic E-state index is 11.0. The van der Waals surface area contributed by atoms with E-state index in [1.165, 1.54) is 0 Å². The molecule has 92 valence electrons. The zero-order valence-electron chi connectivity index (χ0n) is 7.85. The van der Waals surface area contributed by atoms with Crippen LogP contribution in [-0.2, 0) is 13.9 Å². The number of hydrogen-bond acceptors (Lipinski definition) is 8. The number of carbonyl (C=O) groups is 1. The number of phosphoric acid groups is 1. The van der Waals surface area contributed by atoms with E-state index in [-0.39, 0.29) is 5.57 Å². The Morgan fingerprint density at radius 3 is 2.38 bits per heavy atom. The molecule has 0 aliphatic heterocycles. The van der Waals surface area contributed by atoms with Crippen molar-refractivity contribution in [3.8, 4) is 0 Å². The summed E-state index contributed by atoms with van der Waals surface area (Å²) in [6, 6.07) is 0. The molecule has 0 aromatic heterocycles. The van der Waals surface area contributed by atoms with Crippen molar-refractivity contribution < 1.29 is 39.0 Å². The Kier molecular flexibility index (Phi) is 3.97. The summed E-state index contributed by atoms with van der Waals surface area (Å²) in [7, 11) is -5.22. The molecule has 0 fully saturated rings. The molecule has 1 aliphatic rings. The summed E-state index contributed by atoms with van der Waals surface area (Å²) in [5.74, 6) is -0.900. The van der Waals surface area contributed by atoms with E-state index in [0.29, 0.717) is 0 Å². The second-order valence-electron chi connectivity index (χ2n) is 3.22. The molecular weight excluding hydrogens is 243 g/mol. The average Bonchev–Trinajstić information content (AvgIpc) is 2.17. The monoisotopic (exact) mass is 252 g/mol. The fraction of sp³-hybridized carbons (Fsp3) is 0.571. The van der Waals surface area contributed by atoms with Gasteiger partial charge in [0.2, 0.25) is 0 Å². The lowest BCUT2D eigenvalue weighted by atomic mass is 9.91. The molecule has 0 saturated carbocycles. The van der Waals surface area contributed by atoms with Crippen LogP contribution in [0.3, 0.4) is 0 Å². The van der Waals surface area contributed by atoms with Crippen LogP contribution >= 0.6 is 7.82 Å². The van der Waals surface area contributed by atoms with Crippen molar-refractivity contribution in [3.05, 3.63) is 11.6 Å². The van der Waals surface area contributed by atoms with Gasteiger partial charge in [-0.05, 0) is 11.6 Å². The Bertz CT molecular complexity index is 357. The lowest BCUT2D eigenvalue weighted by Crippen LogP contribution is -2.47. The van der Waals surface area contributed by atoms with Gasteiger partial charge >= 0.3 is 0 Å². The Hall–Kier alpha value is -0.600. The minimum absolute atomic E-state index is 0.283. The van der Waals surface area contributed by atoms with E-state index in [2.05, 4.69) is 4.52 Å². The van der Waals surface area contributed by atoms with Gasteiger partial charge in [-0.15, -0.1) is 0 Å². The van der Waals surface area contributed by atoms with Crippen LogP contribution in [-0.4, -0.2) is 46.0 Å². The van der Waals surface area contributed by atoms with Crippen LogP contribution in [0.4, 0.5) is 0 Å². The van der Waals surface area contributed by atoms with Crippen molar-refractivity contribution in [2.75, 3.05) is 6.61 Å². The minimum atomic E-state index is -5.22. The normalized spacial score (nSPS) is 31.4. The second-order valence-corrected chi connectivity index (χ2v) is 4.38. The SMILES string of the molecule is O=C1C=C(COP(=O)([O-])[O-])[C@@H](O)[C@H](O)[C@H]1O. The predicted octanol–water partition coefficient (Wildman–Crippen LogP) is -3.58. The Labute approximate surface area is 90.0 Å². The lowest BCUT2D eigenvalue weighted by molar-refractivity contribution is -0.341. The minimum Gasteiger partial charge on any atom is -0.790 e. The van der Waals surface area contributed by atoms with Crippen LogP contribution in [0.5, 0.6) is 0 Å². The largest absolute Gasteiger partial charge is 0.790 e. The molecule has 0 radical (unpaired) electrons. The average molecular weight is 252 g/mol. The molecule has 16 heavy (non-hydrogen) atoms. The first-order valence-electron chi connectivity index (χ1n) is 4.17. The predicted molar refractivity (Wildman–Crippen MR) is 44.7 cm³/mol. The summed E-state index contributed by atoms with van der Waals surface area (Å²) in [4.78, 5) is 31.3. The van der Waals surface area contributed by atoms with Gasteiger partial charge in [0.25, 0.3) is 0 Å². The van der Waals surface area contributed by atoms with Crippen molar-refractivity contribution in [2.24, 2.45) is 0 Å².